The van der Waals surface area contributed by atoms with Crippen LogP contribution < -0.4 is 5.32 Å². The number of benzene rings is 1. The Morgan fingerprint density at radius 3 is 2.48 bits per heavy atom. The molecule has 1 aromatic carbocycles. The van der Waals surface area contributed by atoms with E-state index in [4.69, 9.17) is 25.8 Å². The molecule has 0 aromatic heterocycles. The van der Waals surface area contributed by atoms with Crippen LogP contribution in [-0.4, -0.2) is 70.7 Å². The van der Waals surface area contributed by atoms with Gasteiger partial charge in [0.25, 0.3) is 5.91 Å². The summed E-state index contributed by atoms with van der Waals surface area (Å²) < 4.78 is 42.4. The van der Waals surface area contributed by atoms with Crippen LogP contribution in [-0.2, 0) is 33.8 Å². The molecule has 1 N–H and O–H groups in total. The van der Waals surface area contributed by atoms with Crippen LogP contribution in [0, 0.1) is 5.92 Å². The number of esters is 1. The van der Waals surface area contributed by atoms with Gasteiger partial charge < -0.3 is 19.5 Å². The van der Waals surface area contributed by atoms with Gasteiger partial charge in [0.15, 0.2) is 6.61 Å². The summed E-state index contributed by atoms with van der Waals surface area (Å²) in [5, 5.41) is 2.59. The predicted molar refractivity (Wildman–Crippen MR) is 104 cm³/mol. The molecule has 0 unspecified atom stereocenters. The Morgan fingerprint density at radius 2 is 1.79 bits per heavy atom. The zero-order valence-corrected chi connectivity index (χ0v) is 17.3. The molecule has 0 radical (unpaired) electrons. The van der Waals surface area contributed by atoms with Gasteiger partial charge in [-0.15, -0.1) is 0 Å². The van der Waals surface area contributed by atoms with Crippen LogP contribution in [0.25, 0.3) is 0 Å². The SMILES string of the molecule is O=C(COC(=O)C1CCOCC1)Nc1ccc(Cl)c(S(=O)(=O)N2CCOCC2)c1. The van der Waals surface area contributed by atoms with E-state index >= 15 is 0 Å². The van der Waals surface area contributed by atoms with Gasteiger partial charge >= 0.3 is 5.97 Å². The van der Waals surface area contributed by atoms with E-state index in [0.717, 1.165) is 0 Å². The van der Waals surface area contributed by atoms with Gasteiger partial charge in [0.2, 0.25) is 10.0 Å². The number of amides is 1. The highest BCUT2D eigenvalue weighted by Gasteiger charge is 2.29. The van der Waals surface area contributed by atoms with Gasteiger partial charge in [0.05, 0.1) is 24.2 Å². The van der Waals surface area contributed by atoms with Crippen molar-refractivity contribution in [2.45, 2.75) is 17.7 Å². The number of carbonyl (C=O) groups is 2. The molecule has 2 aliphatic rings. The maximum atomic E-state index is 12.8. The van der Waals surface area contributed by atoms with E-state index in [1.54, 1.807) is 0 Å². The van der Waals surface area contributed by atoms with E-state index in [-0.39, 0.29) is 34.6 Å². The summed E-state index contributed by atoms with van der Waals surface area (Å²) >= 11 is 6.10. The van der Waals surface area contributed by atoms with Gasteiger partial charge in [-0.1, -0.05) is 11.6 Å². The minimum atomic E-state index is -3.82. The van der Waals surface area contributed by atoms with Crippen molar-refractivity contribution >= 4 is 39.2 Å². The Bertz CT molecular complexity index is 850. The molecular weight excluding hydrogens is 424 g/mol. The smallest absolute Gasteiger partial charge is 0.309 e. The molecule has 2 aliphatic heterocycles. The second-order valence-electron chi connectivity index (χ2n) is 6.70. The molecule has 1 aromatic rings. The van der Waals surface area contributed by atoms with Crippen molar-refractivity contribution in [2.24, 2.45) is 5.92 Å². The van der Waals surface area contributed by atoms with E-state index in [1.807, 2.05) is 0 Å². The van der Waals surface area contributed by atoms with E-state index in [2.05, 4.69) is 5.32 Å². The number of nitrogens with zero attached hydrogens (tertiary/aromatic N) is 1. The molecule has 2 saturated heterocycles. The fraction of sp³-hybridized carbons (Fsp3) is 0.556. The Labute approximate surface area is 174 Å². The number of carbonyl (C=O) groups excluding carboxylic acids is 2. The molecular formula is C18H23ClN2O7S. The Hall–Kier alpha value is -1.72. The largest absolute Gasteiger partial charge is 0.455 e. The van der Waals surface area contributed by atoms with Crippen molar-refractivity contribution in [3.05, 3.63) is 23.2 Å². The summed E-state index contributed by atoms with van der Waals surface area (Å²) in [5.74, 6) is -1.27. The molecule has 11 heteroatoms. The first kappa shape index (κ1) is 22.0. The van der Waals surface area contributed by atoms with E-state index < -0.39 is 28.5 Å². The molecule has 3 rings (SSSR count). The van der Waals surface area contributed by atoms with Crippen molar-refractivity contribution < 1.29 is 32.2 Å². The van der Waals surface area contributed by atoms with Gasteiger partial charge in [-0.3, -0.25) is 9.59 Å². The lowest BCUT2D eigenvalue weighted by Crippen LogP contribution is -2.40. The molecule has 9 nitrogen and oxygen atoms in total. The molecule has 0 aliphatic carbocycles. The number of hydrogen-bond donors (Lipinski definition) is 1. The fourth-order valence-electron chi connectivity index (χ4n) is 3.09. The van der Waals surface area contributed by atoms with Crippen molar-refractivity contribution in [1.82, 2.24) is 4.31 Å². The molecule has 0 spiro atoms. The van der Waals surface area contributed by atoms with E-state index in [1.165, 1.54) is 22.5 Å². The maximum Gasteiger partial charge on any atom is 0.309 e. The number of ether oxygens (including phenoxy) is 3. The summed E-state index contributed by atoms with van der Waals surface area (Å²) in [7, 11) is -3.82. The number of hydrogen-bond acceptors (Lipinski definition) is 7. The first-order chi connectivity index (χ1) is 13.9. The van der Waals surface area contributed by atoms with Crippen LogP contribution in [0.5, 0.6) is 0 Å². The van der Waals surface area contributed by atoms with Crippen molar-refractivity contribution in [1.29, 1.82) is 0 Å². The van der Waals surface area contributed by atoms with Gasteiger partial charge in [-0.2, -0.15) is 4.31 Å². The van der Waals surface area contributed by atoms with Gasteiger partial charge in [0, 0.05) is 32.0 Å². The number of anilines is 1. The Kier molecular flexibility index (Phi) is 7.47. The van der Waals surface area contributed by atoms with Crippen LogP contribution in [0.3, 0.4) is 0 Å². The molecule has 0 saturated carbocycles. The number of nitrogens with one attached hydrogen (secondary N) is 1. The molecule has 2 heterocycles. The molecule has 0 atom stereocenters. The molecule has 0 bridgehead atoms. The van der Waals surface area contributed by atoms with Crippen molar-refractivity contribution in [3.8, 4) is 0 Å². The summed E-state index contributed by atoms with van der Waals surface area (Å²) in [4.78, 5) is 24.0. The first-order valence-corrected chi connectivity index (χ1v) is 11.1. The third-order valence-electron chi connectivity index (χ3n) is 4.70. The highest BCUT2D eigenvalue weighted by atomic mass is 35.5. The molecule has 29 heavy (non-hydrogen) atoms. The van der Waals surface area contributed by atoms with E-state index in [9.17, 15) is 18.0 Å². The predicted octanol–water partition coefficient (Wildman–Crippen LogP) is 1.27. The van der Waals surface area contributed by atoms with Crippen LogP contribution in [0.4, 0.5) is 5.69 Å². The zero-order valence-electron chi connectivity index (χ0n) is 15.8. The summed E-state index contributed by atoms with van der Waals surface area (Å²) in [6.45, 7) is 1.63. The van der Waals surface area contributed by atoms with Crippen LogP contribution in [0.1, 0.15) is 12.8 Å². The van der Waals surface area contributed by atoms with Gasteiger partial charge in [0.1, 0.15) is 4.90 Å². The van der Waals surface area contributed by atoms with Crippen LogP contribution in [0.15, 0.2) is 23.1 Å². The third-order valence-corrected chi connectivity index (χ3v) is 7.08. The lowest BCUT2D eigenvalue weighted by Gasteiger charge is -2.26. The molecule has 2 fully saturated rings. The highest BCUT2D eigenvalue weighted by molar-refractivity contribution is 7.89. The van der Waals surface area contributed by atoms with Gasteiger partial charge in [-0.05, 0) is 31.0 Å². The topological polar surface area (TPSA) is 111 Å². The van der Waals surface area contributed by atoms with E-state index in [0.29, 0.717) is 39.3 Å². The molecule has 160 valence electrons. The quantitative estimate of drug-likeness (QED) is 0.655. The minimum Gasteiger partial charge on any atom is -0.455 e. The lowest BCUT2D eigenvalue weighted by atomic mass is 10.0. The number of rotatable bonds is 6. The second kappa shape index (κ2) is 9.86. The summed E-state index contributed by atoms with van der Waals surface area (Å²) in [6.07, 6.45) is 1.14. The van der Waals surface area contributed by atoms with Crippen LogP contribution >= 0.6 is 11.6 Å². The normalized spacial score (nSPS) is 18.9. The Balaban J connectivity index is 1.61. The average molecular weight is 447 g/mol. The monoisotopic (exact) mass is 446 g/mol. The third kappa shape index (κ3) is 5.67. The maximum absolute atomic E-state index is 12.8. The number of morpholine rings is 1. The fourth-order valence-corrected chi connectivity index (χ4v) is 5.00. The highest BCUT2D eigenvalue weighted by Crippen LogP contribution is 2.28. The Morgan fingerprint density at radius 1 is 1.14 bits per heavy atom. The number of halogens is 1. The first-order valence-electron chi connectivity index (χ1n) is 9.29. The lowest BCUT2D eigenvalue weighted by molar-refractivity contribution is -0.154. The second-order valence-corrected chi connectivity index (χ2v) is 9.02. The minimum absolute atomic E-state index is 0.0560. The van der Waals surface area contributed by atoms with Crippen molar-refractivity contribution in [2.75, 3.05) is 51.4 Å². The standard InChI is InChI=1S/C18H23ClN2O7S/c19-15-2-1-14(11-16(15)29(24,25)21-5-9-27-10-6-21)20-17(22)12-28-18(23)13-3-7-26-8-4-13/h1-2,11,13H,3-10,12H2,(H,20,22). The average Bonchev–Trinajstić information content (AvgIpc) is 2.74. The summed E-state index contributed by atoms with van der Waals surface area (Å²) in [6, 6.07) is 4.18. The van der Waals surface area contributed by atoms with Crippen LogP contribution in [0.2, 0.25) is 5.02 Å². The van der Waals surface area contributed by atoms with Gasteiger partial charge in [-0.25, -0.2) is 8.42 Å². The zero-order chi connectivity index (χ0) is 20.9. The number of sulfonamides is 1. The van der Waals surface area contributed by atoms with Crippen molar-refractivity contribution in [3.63, 3.8) is 0 Å². The molecule has 1 amide bonds. The summed E-state index contributed by atoms with van der Waals surface area (Å²) in [5.41, 5.74) is 0.244.